The molecule has 0 bridgehead atoms. The second kappa shape index (κ2) is 13.5. The molecule has 0 aliphatic rings. The summed E-state index contributed by atoms with van der Waals surface area (Å²) in [5.74, 6) is 0.985. The Labute approximate surface area is 192 Å². The third kappa shape index (κ3) is 9.51. The summed E-state index contributed by atoms with van der Waals surface area (Å²) >= 11 is 0. The highest BCUT2D eigenvalue weighted by atomic mass is 16.5. The molecule has 0 fully saturated rings. The number of ether oxygens (including phenoxy) is 1. The van der Waals surface area contributed by atoms with Crippen molar-refractivity contribution < 1.29 is 9.84 Å². The van der Waals surface area contributed by atoms with E-state index in [9.17, 15) is 5.11 Å². The Morgan fingerprint density at radius 3 is 2.41 bits per heavy atom. The highest BCUT2D eigenvalue weighted by molar-refractivity contribution is 5.79. The van der Waals surface area contributed by atoms with Gasteiger partial charge >= 0.3 is 0 Å². The van der Waals surface area contributed by atoms with Crippen LogP contribution in [-0.4, -0.2) is 46.6 Å². The number of hydrogen-bond acceptors (Lipinski definition) is 8. The van der Waals surface area contributed by atoms with Crippen LogP contribution in [0.2, 0.25) is 0 Å². The van der Waals surface area contributed by atoms with Crippen LogP contribution in [0, 0.1) is 6.92 Å². The van der Waals surface area contributed by atoms with Crippen LogP contribution in [0.15, 0.2) is 29.4 Å². The van der Waals surface area contributed by atoms with Gasteiger partial charge in [-0.05, 0) is 51.3 Å². The summed E-state index contributed by atoms with van der Waals surface area (Å²) in [7, 11) is 0. The van der Waals surface area contributed by atoms with Gasteiger partial charge in [0.15, 0.2) is 0 Å². The lowest BCUT2D eigenvalue weighted by Gasteiger charge is -2.23. The molecule has 0 saturated carbocycles. The molecule has 0 aliphatic heterocycles. The third-order valence-corrected chi connectivity index (χ3v) is 4.14. The third-order valence-electron chi connectivity index (χ3n) is 4.14. The summed E-state index contributed by atoms with van der Waals surface area (Å²) in [5, 5.41) is 14.3. The van der Waals surface area contributed by atoms with E-state index in [0.717, 1.165) is 37.2 Å². The normalized spacial score (nSPS) is 11.1. The van der Waals surface area contributed by atoms with E-state index in [4.69, 9.17) is 10.5 Å². The molecule has 178 valence electrons. The van der Waals surface area contributed by atoms with Crippen molar-refractivity contribution in [2.24, 2.45) is 5.10 Å². The first-order chi connectivity index (χ1) is 15.2. The molecule has 0 amide bonds. The number of hydrogen-bond donors (Lipinski definition) is 3. The molecule has 2 rings (SSSR count). The van der Waals surface area contributed by atoms with Gasteiger partial charge in [0.25, 0.3) is 0 Å². The fraction of sp³-hybridized carbons (Fsp3) is 0.542. The Kier molecular flexibility index (Phi) is 11.5. The van der Waals surface area contributed by atoms with E-state index >= 15 is 0 Å². The topological polar surface area (TPSA) is 109 Å². The largest absolute Gasteiger partial charge is 0.474 e. The van der Waals surface area contributed by atoms with Crippen molar-refractivity contribution in [1.29, 1.82) is 0 Å². The molecule has 1 heterocycles. The Hall–Kier alpha value is -2.87. The van der Waals surface area contributed by atoms with Crippen LogP contribution in [0.1, 0.15) is 65.6 Å². The molecule has 1 aromatic carbocycles. The summed E-state index contributed by atoms with van der Waals surface area (Å²) in [6, 6.07) is 7.42. The van der Waals surface area contributed by atoms with E-state index < -0.39 is 5.60 Å². The first-order valence-corrected chi connectivity index (χ1v) is 11.4. The monoisotopic (exact) mass is 444 g/mol. The molecule has 0 saturated heterocycles. The number of aliphatic hydroxyl groups is 1. The number of rotatable bonds is 11. The zero-order chi connectivity index (χ0) is 24.1. The maximum absolute atomic E-state index is 9.98. The van der Waals surface area contributed by atoms with Gasteiger partial charge in [-0.1, -0.05) is 33.8 Å². The van der Waals surface area contributed by atoms with Crippen LogP contribution in [0.5, 0.6) is 5.88 Å². The number of nitrogens with one attached hydrogen (secondary N) is 1. The van der Waals surface area contributed by atoms with Crippen LogP contribution in [0.3, 0.4) is 0 Å². The zero-order valence-electron chi connectivity index (χ0n) is 20.6. The SMILES string of the molecule is CC.CCCN(CCC)c1nc(/C=N/Nc2cc(C)ccc2N)cc(OCC(C)(C)O)n1. The smallest absolute Gasteiger partial charge is 0.229 e. The highest BCUT2D eigenvalue weighted by Gasteiger charge is 2.16. The predicted octanol–water partition coefficient (Wildman–Crippen LogP) is 4.62. The highest BCUT2D eigenvalue weighted by Crippen LogP contribution is 2.20. The molecule has 0 aliphatic carbocycles. The van der Waals surface area contributed by atoms with Gasteiger partial charge in [0.2, 0.25) is 11.8 Å². The molecular weight excluding hydrogens is 404 g/mol. The Balaban J connectivity index is 0.00000249. The van der Waals surface area contributed by atoms with E-state index in [1.54, 1.807) is 26.1 Å². The lowest BCUT2D eigenvalue weighted by molar-refractivity contribution is 0.0268. The van der Waals surface area contributed by atoms with E-state index in [-0.39, 0.29) is 6.61 Å². The van der Waals surface area contributed by atoms with Crippen molar-refractivity contribution >= 4 is 23.5 Å². The van der Waals surface area contributed by atoms with Crippen LogP contribution < -0.4 is 20.8 Å². The summed E-state index contributed by atoms with van der Waals surface area (Å²) < 4.78 is 5.73. The van der Waals surface area contributed by atoms with Crippen molar-refractivity contribution in [2.45, 2.75) is 66.9 Å². The van der Waals surface area contributed by atoms with Gasteiger partial charge in [-0.15, -0.1) is 0 Å². The minimum Gasteiger partial charge on any atom is -0.474 e. The number of benzene rings is 1. The van der Waals surface area contributed by atoms with Crippen molar-refractivity contribution in [2.75, 3.05) is 35.8 Å². The second-order valence-electron chi connectivity index (χ2n) is 7.98. The predicted molar refractivity (Wildman–Crippen MR) is 135 cm³/mol. The molecule has 4 N–H and O–H groups in total. The summed E-state index contributed by atoms with van der Waals surface area (Å²) in [6.07, 6.45) is 3.57. The van der Waals surface area contributed by atoms with Crippen LogP contribution in [0.4, 0.5) is 17.3 Å². The number of nitrogens with two attached hydrogens (primary N) is 1. The lowest BCUT2D eigenvalue weighted by Crippen LogP contribution is -2.29. The first kappa shape index (κ1) is 27.2. The first-order valence-electron chi connectivity index (χ1n) is 11.4. The fourth-order valence-corrected chi connectivity index (χ4v) is 2.75. The molecule has 8 heteroatoms. The molecule has 0 atom stereocenters. The Morgan fingerprint density at radius 2 is 1.81 bits per heavy atom. The van der Waals surface area contributed by atoms with Crippen molar-refractivity contribution in [1.82, 2.24) is 9.97 Å². The zero-order valence-corrected chi connectivity index (χ0v) is 20.6. The van der Waals surface area contributed by atoms with Crippen LogP contribution in [-0.2, 0) is 0 Å². The Bertz CT molecular complexity index is 843. The average Bonchev–Trinajstić information content (AvgIpc) is 2.75. The van der Waals surface area contributed by atoms with Crippen LogP contribution in [0.25, 0.3) is 0 Å². The fourth-order valence-electron chi connectivity index (χ4n) is 2.75. The van der Waals surface area contributed by atoms with Gasteiger partial charge in [0.05, 0.1) is 28.9 Å². The summed E-state index contributed by atoms with van der Waals surface area (Å²) in [4.78, 5) is 11.3. The van der Waals surface area contributed by atoms with E-state index in [0.29, 0.717) is 23.2 Å². The molecule has 0 unspecified atom stereocenters. The van der Waals surface area contributed by atoms with Gasteiger partial charge in [0, 0.05) is 19.2 Å². The molecule has 0 spiro atoms. The van der Waals surface area contributed by atoms with E-state index in [1.807, 2.05) is 39.0 Å². The maximum Gasteiger partial charge on any atom is 0.229 e. The average molecular weight is 445 g/mol. The number of nitrogen functional groups attached to an aromatic ring is 1. The number of aromatic nitrogens is 2. The van der Waals surface area contributed by atoms with Gasteiger partial charge in [-0.2, -0.15) is 10.1 Å². The summed E-state index contributed by atoms with van der Waals surface area (Å²) in [5.41, 5.74) is 11.0. The number of nitrogens with zero attached hydrogens (tertiary/aromatic N) is 4. The molecule has 2 aromatic rings. The van der Waals surface area contributed by atoms with Crippen molar-refractivity contribution in [3.05, 3.63) is 35.5 Å². The van der Waals surface area contributed by atoms with Gasteiger partial charge in [-0.3, -0.25) is 5.43 Å². The Morgan fingerprint density at radius 1 is 1.16 bits per heavy atom. The van der Waals surface area contributed by atoms with Gasteiger partial charge < -0.3 is 20.5 Å². The quantitative estimate of drug-likeness (QED) is 0.264. The molecular formula is C24H40N6O2. The summed E-state index contributed by atoms with van der Waals surface area (Å²) in [6.45, 7) is 15.4. The number of hydrazone groups is 1. The van der Waals surface area contributed by atoms with Gasteiger partial charge in [0.1, 0.15) is 6.61 Å². The van der Waals surface area contributed by atoms with Crippen molar-refractivity contribution in [3.8, 4) is 5.88 Å². The molecule has 32 heavy (non-hydrogen) atoms. The van der Waals surface area contributed by atoms with E-state index in [1.165, 1.54) is 0 Å². The number of aryl methyl sites for hydroxylation is 1. The second-order valence-corrected chi connectivity index (χ2v) is 7.98. The standard InChI is InChI=1S/C22H34N6O2.C2H6/c1-6-10-28(11-7-2)21-25-17(13-20(26-21)30-15-22(4,5)29)14-24-27-19-12-16(3)8-9-18(19)23;1-2/h8-9,12-14,27,29H,6-7,10-11,15,23H2,1-5H3;1-2H3/b24-14+;. The maximum atomic E-state index is 9.98. The molecule has 8 nitrogen and oxygen atoms in total. The van der Waals surface area contributed by atoms with E-state index in [2.05, 4.69) is 39.2 Å². The van der Waals surface area contributed by atoms with Crippen molar-refractivity contribution in [3.63, 3.8) is 0 Å². The lowest BCUT2D eigenvalue weighted by atomic mass is 10.2. The minimum absolute atomic E-state index is 0.125. The minimum atomic E-state index is -0.962. The molecule has 0 radical (unpaired) electrons. The number of anilines is 3. The van der Waals surface area contributed by atoms with Gasteiger partial charge in [-0.25, -0.2) is 4.98 Å². The molecule has 1 aromatic heterocycles. The van der Waals surface area contributed by atoms with Crippen LogP contribution >= 0.6 is 0 Å².